The van der Waals surface area contributed by atoms with Gasteiger partial charge in [-0.25, -0.2) is 4.79 Å². The van der Waals surface area contributed by atoms with Gasteiger partial charge in [0, 0.05) is 12.1 Å². The van der Waals surface area contributed by atoms with Crippen molar-refractivity contribution in [1.82, 2.24) is 0 Å². The van der Waals surface area contributed by atoms with E-state index in [0.29, 0.717) is 11.1 Å². The van der Waals surface area contributed by atoms with Crippen LogP contribution in [0.15, 0.2) is 42.5 Å². The summed E-state index contributed by atoms with van der Waals surface area (Å²) in [4.78, 5) is 21.3. The number of carbonyl (C=O) groups is 1. The maximum Gasteiger partial charge on any atom is 0.335 e. The molecule has 0 spiro atoms. The van der Waals surface area contributed by atoms with Crippen molar-refractivity contribution >= 4 is 11.7 Å². The number of rotatable bonds is 3. The number of hydrogen-bond acceptors (Lipinski definition) is 3. The van der Waals surface area contributed by atoms with Gasteiger partial charge in [-0.3, -0.25) is 10.1 Å². The number of aryl methyl sites for hydroxylation is 1. The first-order valence-corrected chi connectivity index (χ1v) is 5.58. The predicted octanol–water partition coefficient (Wildman–Crippen LogP) is 3.27. The third-order valence-corrected chi connectivity index (χ3v) is 2.85. The maximum absolute atomic E-state index is 10.9. The van der Waals surface area contributed by atoms with Crippen molar-refractivity contribution in [3.8, 4) is 11.1 Å². The summed E-state index contributed by atoms with van der Waals surface area (Å²) < 4.78 is 0. The average Bonchev–Trinajstić information content (AvgIpc) is 2.39. The van der Waals surface area contributed by atoms with E-state index < -0.39 is 10.9 Å². The van der Waals surface area contributed by atoms with Crippen LogP contribution in [0.5, 0.6) is 0 Å². The number of nitro groups is 1. The molecule has 0 bridgehead atoms. The Kier molecular flexibility index (Phi) is 3.29. The lowest BCUT2D eigenvalue weighted by molar-refractivity contribution is -0.384. The Hall–Kier alpha value is -2.69. The van der Waals surface area contributed by atoms with Gasteiger partial charge in [0.2, 0.25) is 0 Å². The highest BCUT2D eigenvalue weighted by molar-refractivity contribution is 5.89. The van der Waals surface area contributed by atoms with Gasteiger partial charge in [0.15, 0.2) is 0 Å². The molecule has 19 heavy (non-hydrogen) atoms. The first kappa shape index (κ1) is 12.8. The molecule has 96 valence electrons. The van der Waals surface area contributed by atoms with Crippen LogP contribution in [0.3, 0.4) is 0 Å². The van der Waals surface area contributed by atoms with Crippen LogP contribution in [0.25, 0.3) is 11.1 Å². The topological polar surface area (TPSA) is 80.4 Å². The van der Waals surface area contributed by atoms with Crippen LogP contribution in [-0.2, 0) is 0 Å². The molecule has 0 saturated heterocycles. The molecule has 0 amide bonds. The average molecular weight is 257 g/mol. The number of nitrogens with zero attached hydrogens (tertiary/aromatic N) is 1. The molecule has 0 aliphatic rings. The Bertz CT molecular complexity index is 664. The largest absolute Gasteiger partial charge is 0.478 e. The Morgan fingerprint density at radius 2 is 1.95 bits per heavy atom. The van der Waals surface area contributed by atoms with E-state index in [4.69, 9.17) is 5.11 Å². The molecule has 0 saturated carbocycles. The molecule has 0 radical (unpaired) electrons. The molecule has 0 unspecified atom stereocenters. The van der Waals surface area contributed by atoms with Gasteiger partial charge >= 0.3 is 5.97 Å². The lowest BCUT2D eigenvalue weighted by Crippen LogP contribution is -1.96. The van der Waals surface area contributed by atoms with Crippen LogP contribution >= 0.6 is 0 Å². The first-order chi connectivity index (χ1) is 8.99. The van der Waals surface area contributed by atoms with Crippen LogP contribution < -0.4 is 0 Å². The summed E-state index contributed by atoms with van der Waals surface area (Å²) in [5, 5.41) is 19.7. The van der Waals surface area contributed by atoms with Gasteiger partial charge in [0.1, 0.15) is 0 Å². The quantitative estimate of drug-likeness (QED) is 0.675. The molecule has 0 aliphatic heterocycles. The summed E-state index contributed by atoms with van der Waals surface area (Å²) >= 11 is 0. The van der Waals surface area contributed by atoms with Crippen LogP contribution in [0.1, 0.15) is 15.9 Å². The molecule has 0 fully saturated rings. The minimum Gasteiger partial charge on any atom is -0.478 e. The molecule has 5 heteroatoms. The molecule has 2 rings (SSSR count). The number of carboxylic acid groups (broad SMARTS) is 1. The summed E-state index contributed by atoms with van der Waals surface area (Å²) in [6, 6.07) is 10.9. The zero-order valence-electron chi connectivity index (χ0n) is 10.2. The van der Waals surface area contributed by atoms with Crippen LogP contribution in [-0.4, -0.2) is 16.0 Å². The first-order valence-electron chi connectivity index (χ1n) is 5.58. The van der Waals surface area contributed by atoms with Gasteiger partial charge in [-0.1, -0.05) is 18.2 Å². The Morgan fingerprint density at radius 3 is 2.58 bits per heavy atom. The minimum atomic E-state index is -1.02. The summed E-state index contributed by atoms with van der Waals surface area (Å²) in [6.07, 6.45) is 0. The SMILES string of the molecule is Cc1ccc([N+](=O)[O-])cc1-c1cccc(C(=O)O)c1. The van der Waals surface area contributed by atoms with Gasteiger partial charge in [-0.05, 0) is 35.7 Å². The van der Waals surface area contributed by atoms with Crippen LogP contribution in [0.2, 0.25) is 0 Å². The predicted molar refractivity (Wildman–Crippen MR) is 70.2 cm³/mol. The molecule has 0 heterocycles. The third kappa shape index (κ3) is 2.60. The highest BCUT2D eigenvalue weighted by Crippen LogP contribution is 2.28. The number of aromatic carboxylic acids is 1. The molecule has 5 nitrogen and oxygen atoms in total. The molecule has 0 aromatic heterocycles. The van der Waals surface area contributed by atoms with Crippen molar-refractivity contribution < 1.29 is 14.8 Å². The number of nitro benzene ring substituents is 1. The second-order valence-corrected chi connectivity index (χ2v) is 4.14. The van der Waals surface area contributed by atoms with E-state index in [1.54, 1.807) is 18.2 Å². The van der Waals surface area contributed by atoms with Gasteiger partial charge in [-0.15, -0.1) is 0 Å². The number of benzene rings is 2. The highest BCUT2D eigenvalue weighted by Gasteiger charge is 2.11. The molecular weight excluding hydrogens is 246 g/mol. The second-order valence-electron chi connectivity index (χ2n) is 4.14. The lowest BCUT2D eigenvalue weighted by atomic mass is 9.98. The normalized spacial score (nSPS) is 10.2. The third-order valence-electron chi connectivity index (χ3n) is 2.85. The van der Waals surface area contributed by atoms with E-state index in [1.165, 1.54) is 24.3 Å². The molecule has 2 aromatic carbocycles. The fourth-order valence-electron chi connectivity index (χ4n) is 1.85. The van der Waals surface area contributed by atoms with E-state index in [0.717, 1.165) is 5.56 Å². The van der Waals surface area contributed by atoms with Gasteiger partial charge in [-0.2, -0.15) is 0 Å². The monoisotopic (exact) mass is 257 g/mol. The van der Waals surface area contributed by atoms with Gasteiger partial charge in [0.05, 0.1) is 10.5 Å². The Labute approximate surface area is 109 Å². The van der Waals surface area contributed by atoms with Crippen LogP contribution in [0, 0.1) is 17.0 Å². The van der Waals surface area contributed by atoms with Gasteiger partial charge < -0.3 is 5.11 Å². The number of hydrogen-bond donors (Lipinski definition) is 1. The smallest absolute Gasteiger partial charge is 0.335 e. The summed E-state index contributed by atoms with van der Waals surface area (Å²) in [6.45, 7) is 1.83. The van der Waals surface area contributed by atoms with Crippen molar-refractivity contribution in [1.29, 1.82) is 0 Å². The van der Waals surface area contributed by atoms with E-state index in [1.807, 2.05) is 6.92 Å². The van der Waals surface area contributed by atoms with Crippen molar-refractivity contribution in [2.75, 3.05) is 0 Å². The van der Waals surface area contributed by atoms with Crippen molar-refractivity contribution in [3.05, 3.63) is 63.7 Å². The molecule has 2 aromatic rings. The van der Waals surface area contributed by atoms with Crippen LogP contribution in [0.4, 0.5) is 5.69 Å². The summed E-state index contributed by atoms with van der Waals surface area (Å²) in [5.41, 5.74) is 2.32. The zero-order valence-corrected chi connectivity index (χ0v) is 10.2. The number of non-ortho nitro benzene ring substituents is 1. The van der Waals surface area contributed by atoms with E-state index in [2.05, 4.69) is 0 Å². The van der Waals surface area contributed by atoms with Gasteiger partial charge in [0.25, 0.3) is 5.69 Å². The Balaban J connectivity index is 2.57. The van der Waals surface area contributed by atoms with E-state index >= 15 is 0 Å². The zero-order chi connectivity index (χ0) is 14.0. The molecular formula is C14H11NO4. The van der Waals surface area contributed by atoms with Crippen molar-refractivity contribution in [2.45, 2.75) is 6.92 Å². The maximum atomic E-state index is 10.9. The number of carboxylic acids is 1. The lowest BCUT2D eigenvalue weighted by Gasteiger charge is -2.06. The molecule has 1 N–H and O–H groups in total. The Morgan fingerprint density at radius 1 is 1.21 bits per heavy atom. The molecule has 0 aliphatic carbocycles. The summed E-state index contributed by atoms with van der Waals surface area (Å²) in [5.74, 6) is -1.02. The fourth-order valence-corrected chi connectivity index (χ4v) is 1.85. The summed E-state index contributed by atoms with van der Waals surface area (Å²) in [7, 11) is 0. The highest BCUT2D eigenvalue weighted by atomic mass is 16.6. The van der Waals surface area contributed by atoms with Crippen molar-refractivity contribution in [3.63, 3.8) is 0 Å². The van der Waals surface area contributed by atoms with E-state index in [-0.39, 0.29) is 11.3 Å². The second kappa shape index (κ2) is 4.89. The molecule has 0 atom stereocenters. The van der Waals surface area contributed by atoms with Crippen molar-refractivity contribution in [2.24, 2.45) is 0 Å². The van der Waals surface area contributed by atoms with E-state index in [9.17, 15) is 14.9 Å². The standard InChI is InChI=1S/C14H11NO4/c1-9-5-6-12(15(18)19)8-13(9)10-3-2-4-11(7-10)14(16)17/h2-8H,1H3,(H,16,17). The fraction of sp³-hybridized carbons (Fsp3) is 0.0714. The minimum absolute atomic E-state index is 0.0127.